The van der Waals surface area contributed by atoms with Gasteiger partial charge in [-0.1, -0.05) is 41.4 Å². The first-order valence-electron chi connectivity index (χ1n) is 7.97. The minimum Gasteiger partial charge on any atom is -0.330 e. The Morgan fingerprint density at radius 3 is 2.54 bits per heavy atom. The van der Waals surface area contributed by atoms with Gasteiger partial charge in [0.2, 0.25) is 0 Å². The lowest BCUT2D eigenvalue weighted by Gasteiger charge is -2.29. The summed E-state index contributed by atoms with van der Waals surface area (Å²) in [4.78, 5) is 14.4. The van der Waals surface area contributed by atoms with Gasteiger partial charge in [-0.25, -0.2) is 12.8 Å². The highest BCUT2D eigenvalue weighted by Crippen LogP contribution is 2.27. The third-order valence-corrected chi connectivity index (χ3v) is 6.71. The molecule has 0 aromatic heterocycles. The van der Waals surface area contributed by atoms with Gasteiger partial charge in [0.15, 0.2) is 9.84 Å². The molecule has 3 rings (SSSR count). The molecule has 0 radical (unpaired) electrons. The second-order valence-corrected chi connectivity index (χ2v) is 9.28. The number of amides is 1. The molecule has 2 aromatic rings. The Morgan fingerprint density at radius 1 is 1.19 bits per heavy atom. The van der Waals surface area contributed by atoms with E-state index in [1.807, 2.05) is 0 Å². The quantitative estimate of drug-likeness (QED) is 0.758. The van der Waals surface area contributed by atoms with Gasteiger partial charge in [-0.3, -0.25) is 4.79 Å². The molecular weight excluding hydrogens is 400 g/mol. The van der Waals surface area contributed by atoms with Crippen molar-refractivity contribution in [1.29, 1.82) is 0 Å². The van der Waals surface area contributed by atoms with E-state index in [0.717, 1.165) is 0 Å². The molecule has 0 saturated carbocycles. The zero-order valence-corrected chi connectivity index (χ0v) is 16.0. The maximum Gasteiger partial charge on any atom is 0.257 e. The van der Waals surface area contributed by atoms with Crippen LogP contribution in [-0.4, -0.2) is 36.8 Å². The summed E-state index contributed by atoms with van der Waals surface area (Å²) in [6.45, 7) is 0.0728. The van der Waals surface area contributed by atoms with Crippen LogP contribution in [-0.2, 0) is 16.4 Å². The van der Waals surface area contributed by atoms with Crippen molar-refractivity contribution in [2.45, 2.75) is 19.0 Å². The number of sulfone groups is 1. The Bertz CT molecular complexity index is 949. The van der Waals surface area contributed by atoms with Crippen LogP contribution in [0.4, 0.5) is 4.39 Å². The van der Waals surface area contributed by atoms with E-state index in [4.69, 9.17) is 23.2 Å². The van der Waals surface area contributed by atoms with E-state index < -0.39 is 27.6 Å². The van der Waals surface area contributed by atoms with Gasteiger partial charge in [0, 0.05) is 22.6 Å². The van der Waals surface area contributed by atoms with E-state index in [0.29, 0.717) is 22.0 Å². The normalized spacial score (nSPS) is 18.7. The Labute approximate surface area is 161 Å². The van der Waals surface area contributed by atoms with Crippen LogP contribution >= 0.6 is 23.2 Å². The molecule has 0 N–H and O–H groups in total. The fourth-order valence-electron chi connectivity index (χ4n) is 3.01. The molecule has 1 atom stereocenters. The van der Waals surface area contributed by atoms with Crippen LogP contribution in [0.15, 0.2) is 42.5 Å². The van der Waals surface area contributed by atoms with Gasteiger partial charge in [0.25, 0.3) is 5.91 Å². The van der Waals surface area contributed by atoms with Crippen LogP contribution < -0.4 is 0 Å². The predicted molar refractivity (Wildman–Crippen MR) is 99.8 cm³/mol. The van der Waals surface area contributed by atoms with Crippen molar-refractivity contribution in [3.8, 4) is 0 Å². The first-order chi connectivity index (χ1) is 12.3. The van der Waals surface area contributed by atoms with Gasteiger partial charge in [-0.2, -0.15) is 0 Å². The van der Waals surface area contributed by atoms with Crippen molar-refractivity contribution in [2.24, 2.45) is 0 Å². The number of hydrogen-bond acceptors (Lipinski definition) is 3. The lowest BCUT2D eigenvalue weighted by Crippen LogP contribution is -2.41. The van der Waals surface area contributed by atoms with E-state index in [9.17, 15) is 17.6 Å². The number of carbonyl (C=O) groups is 1. The maximum atomic E-state index is 14.1. The molecule has 1 saturated heterocycles. The Kier molecular flexibility index (Phi) is 5.55. The van der Waals surface area contributed by atoms with Gasteiger partial charge < -0.3 is 4.90 Å². The lowest BCUT2D eigenvalue weighted by atomic mass is 10.1. The molecule has 1 aliphatic rings. The van der Waals surface area contributed by atoms with Crippen molar-refractivity contribution in [3.05, 3.63) is 69.5 Å². The van der Waals surface area contributed by atoms with Crippen LogP contribution in [0.1, 0.15) is 22.3 Å². The minimum atomic E-state index is -3.22. The number of hydrogen-bond donors (Lipinski definition) is 0. The Balaban J connectivity index is 1.96. The van der Waals surface area contributed by atoms with Crippen LogP contribution in [0.5, 0.6) is 0 Å². The second-order valence-electron chi connectivity index (χ2n) is 6.21. The van der Waals surface area contributed by atoms with E-state index in [1.165, 1.54) is 23.1 Å². The standard InChI is InChI=1S/C18H16Cl2FNO3S/c19-13-6-5-12(16(20)9-13)10-22(14-7-8-26(24,25)11-14)18(23)15-3-1-2-4-17(15)21/h1-6,9,14H,7-8,10-11H2/t14-/m0/s1. The molecule has 2 aromatic carbocycles. The van der Waals surface area contributed by atoms with Gasteiger partial charge in [0.1, 0.15) is 5.82 Å². The first-order valence-corrected chi connectivity index (χ1v) is 10.5. The molecule has 4 nitrogen and oxygen atoms in total. The largest absolute Gasteiger partial charge is 0.330 e. The smallest absolute Gasteiger partial charge is 0.257 e. The third-order valence-electron chi connectivity index (χ3n) is 4.37. The molecule has 0 spiro atoms. The zero-order chi connectivity index (χ0) is 18.9. The van der Waals surface area contributed by atoms with Crippen molar-refractivity contribution in [2.75, 3.05) is 11.5 Å². The van der Waals surface area contributed by atoms with E-state index in [-0.39, 0.29) is 23.6 Å². The van der Waals surface area contributed by atoms with Gasteiger partial charge in [0.05, 0.1) is 17.1 Å². The summed E-state index contributed by atoms with van der Waals surface area (Å²) in [5.74, 6) is -1.34. The first kappa shape index (κ1) is 19.1. The third kappa shape index (κ3) is 4.19. The highest BCUT2D eigenvalue weighted by atomic mass is 35.5. The summed E-state index contributed by atoms with van der Waals surface area (Å²) in [5.41, 5.74) is 0.520. The molecule has 1 heterocycles. The predicted octanol–water partition coefficient (Wildman–Crippen LogP) is 3.96. The number of halogens is 3. The topological polar surface area (TPSA) is 54.5 Å². The molecule has 0 unspecified atom stereocenters. The summed E-state index contributed by atoms with van der Waals surface area (Å²) >= 11 is 12.1. The highest BCUT2D eigenvalue weighted by Gasteiger charge is 2.35. The van der Waals surface area contributed by atoms with Crippen LogP contribution in [0, 0.1) is 5.82 Å². The van der Waals surface area contributed by atoms with E-state index >= 15 is 0 Å². The van der Waals surface area contributed by atoms with Gasteiger partial charge in [-0.05, 0) is 36.2 Å². The van der Waals surface area contributed by atoms with Crippen molar-refractivity contribution in [1.82, 2.24) is 4.90 Å². The summed E-state index contributed by atoms with van der Waals surface area (Å²) in [6.07, 6.45) is 0.313. The number of carbonyl (C=O) groups excluding carboxylic acids is 1. The van der Waals surface area contributed by atoms with Crippen molar-refractivity contribution in [3.63, 3.8) is 0 Å². The van der Waals surface area contributed by atoms with Crippen LogP contribution in [0.2, 0.25) is 10.0 Å². The summed E-state index contributed by atoms with van der Waals surface area (Å²) in [5, 5.41) is 0.818. The molecular formula is C18H16Cl2FNO3S. The monoisotopic (exact) mass is 415 g/mol. The fraction of sp³-hybridized carbons (Fsp3) is 0.278. The molecule has 1 amide bonds. The van der Waals surface area contributed by atoms with Crippen LogP contribution in [0.3, 0.4) is 0 Å². The van der Waals surface area contributed by atoms with Crippen LogP contribution in [0.25, 0.3) is 0 Å². The number of rotatable bonds is 4. The zero-order valence-electron chi connectivity index (χ0n) is 13.7. The Hall–Kier alpha value is -1.63. The lowest BCUT2D eigenvalue weighted by molar-refractivity contribution is 0.0676. The molecule has 138 valence electrons. The number of nitrogens with zero attached hydrogens (tertiary/aromatic N) is 1. The minimum absolute atomic E-state index is 0.00701. The summed E-state index contributed by atoms with van der Waals surface area (Å²) in [7, 11) is -3.22. The summed E-state index contributed by atoms with van der Waals surface area (Å²) in [6, 6.07) is 9.98. The molecule has 8 heteroatoms. The SMILES string of the molecule is O=C(c1ccccc1F)N(Cc1ccc(Cl)cc1Cl)[C@H]1CCS(=O)(=O)C1. The average Bonchev–Trinajstić information content (AvgIpc) is 2.94. The Morgan fingerprint density at radius 2 is 1.92 bits per heavy atom. The van der Waals surface area contributed by atoms with Gasteiger partial charge >= 0.3 is 0 Å². The van der Waals surface area contributed by atoms with E-state index in [1.54, 1.807) is 24.3 Å². The number of benzene rings is 2. The maximum absolute atomic E-state index is 14.1. The van der Waals surface area contributed by atoms with Gasteiger partial charge in [-0.15, -0.1) is 0 Å². The molecule has 26 heavy (non-hydrogen) atoms. The summed E-state index contributed by atoms with van der Waals surface area (Å²) < 4.78 is 37.9. The molecule has 1 aliphatic heterocycles. The molecule has 0 bridgehead atoms. The molecule has 0 aliphatic carbocycles. The fourth-order valence-corrected chi connectivity index (χ4v) is 5.21. The second kappa shape index (κ2) is 7.55. The van der Waals surface area contributed by atoms with Crippen molar-refractivity contribution < 1.29 is 17.6 Å². The highest BCUT2D eigenvalue weighted by molar-refractivity contribution is 7.91. The van der Waals surface area contributed by atoms with E-state index in [2.05, 4.69) is 0 Å². The molecule has 1 fully saturated rings. The average molecular weight is 416 g/mol. The van der Waals surface area contributed by atoms with Crippen molar-refractivity contribution >= 4 is 38.9 Å².